The van der Waals surface area contributed by atoms with Gasteiger partial charge < -0.3 is 9.64 Å². The average molecular weight is 378 g/mol. The standard InChI is InChI=1S/C19H17F3N2O3/c1-24-7-5-11(6-8-24)18(25)15-3-2-4-16(23-15)27-19(26)17-13(21)9-12(20)10-14(17)22/h2-4,9-11H,5-8H2,1H3. The molecule has 3 rings (SSSR count). The quantitative estimate of drug-likeness (QED) is 0.604. The van der Waals surface area contributed by atoms with Crippen molar-refractivity contribution in [1.82, 2.24) is 9.88 Å². The van der Waals surface area contributed by atoms with Gasteiger partial charge in [-0.05, 0) is 39.0 Å². The lowest BCUT2D eigenvalue weighted by molar-refractivity contribution is 0.0713. The first-order chi connectivity index (χ1) is 12.8. The molecule has 0 saturated carbocycles. The Hall–Kier alpha value is -2.74. The fourth-order valence-corrected chi connectivity index (χ4v) is 2.97. The van der Waals surface area contributed by atoms with Crippen molar-refractivity contribution >= 4 is 11.8 Å². The molecule has 27 heavy (non-hydrogen) atoms. The molecule has 8 heteroatoms. The zero-order valence-electron chi connectivity index (χ0n) is 14.5. The van der Waals surface area contributed by atoms with E-state index in [-0.39, 0.29) is 23.3 Å². The van der Waals surface area contributed by atoms with Crippen LogP contribution >= 0.6 is 0 Å². The number of hydrogen-bond donors (Lipinski definition) is 0. The van der Waals surface area contributed by atoms with Crippen LogP contribution in [0.3, 0.4) is 0 Å². The number of nitrogens with zero attached hydrogens (tertiary/aromatic N) is 2. The molecule has 0 bridgehead atoms. The number of rotatable bonds is 4. The molecule has 0 radical (unpaired) electrons. The maximum atomic E-state index is 13.7. The zero-order chi connectivity index (χ0) is 19.6. The van der Waals surface area contributed by atoms with Crippen molar-refractivity contribution in [2.45, 2.75) is 12.8 Å². The van der Waals surface area contributed by atoms with Crippen LogP contribution in [0.5, 0.6) is 5.88 Å². The Balaban J connectivity index is 1.76. The van der Waals surface area contributed by atoms with E-state index in [1.807, 2.05) is 7.05 Å². The summed E-state index contributed by atoms with van der Waals surface area (Å²) in [6.45, 7) is 1.60. The van der Waals surface area contributed by atoms with Gasteiger partial charge in [-0.15, -0.1) is 0 Å². The van der Waals surface area contributed by atoms with Gasteiger partial charge in [0.05, 0.1) is 0 Å². The Morgan fingerprint density at radius 1 is 1.11 bits per heavy atom. The number of benzene rings is 1. The second-order valence-corrected chi connectivity index (χ2v) is 6.44. The third kappa shape index (κ3) is 4.33. The highest BCUT2D eigenvalue weighted by Crippen LogP contribution is 2.22. The first kappa shape index (κ1) is 19.0. The smallest absolute Gasteiger partial charge is 0.350 e. The summed E-state index contributed by atoms with van der Waals surface area (Å²) in [5.74, 6) is -5.87. The summed E-state index contributed by atoms with van der Waals surface area (Å²) >= 11 is 0. The van der Waals surface area contributed by atoms with Crippen molar-refractivity contribution in [2.75, 3.05) is 20.1 Å². The molecular formula is C19H17F3N2O3. The number of carbonyl (C=O) groups excluding carboxylic acids is 2. The third-order valence-electron chi connectivity index (χ3n) is 4.47. The summed E-state index contributed by atoms with van der Waals surface area (Å²) in [7, 11) is 1.98. The predicted molar refractivity (Wildman–Crippen MR) is 90.1 cm³/mol. The molecule has 0 amide bonds. The second kappa shape index (κ2) is 7.87. The summed E-state index contributed by atoms with van der Waals surface area (Å²) < 4.78 is 45.2. The third-order valence-corrected chi connectivity index (χ3v) is 4.47. The highest BCUT2D eigenvalue weighted by Gasteiger charge is 2.26. The van der Waals surface area contributed by atoms with E-state index < -0.39 is 29.0 Å². The molecule has 5 nitrogen and oxygen atoms in total. The van der Waals surface area contributed by atoms with Gasteiger partial charge in [-0.25, -0.2) is 22.9 Å². The summed E-state index contributed by atoms with van der Waals surface area (Å²) in [5, 5.41) is 0. The van der Waals surface area contributed by atoms with Crippen LogP contribution in [0.2, 0.25) is 0 Å². The first-order valence-corrected chi connectivity index (χ1v) is 8.41. The van der Waals surface area contributed by atoms with Crippen LogP contribution in [0, 0.1) is 23.4 Å². The van der Waals surface area contributed by atoms with Gasteiger partial charge >= 0.3 is 5.97 Å². The number of pyridine rings is 1. The van der Waals surface area contributed by atoms with Gasteiger partial charge in [0.15, 0.2) is 5.78 Å². The molecule has 1 saturated heterocycles. The van der Waals surface area contributed by atoms with Crippen molar-refractivity contribution in [3.63, 3.8) is 0 Å². The normalized spacial score (nSPS) is 15.6. The molecule has 1 aliphatic rings. The summed E-state index contributed by atoms with van der Waals surface area (Å²) in [6, 6.07) is 5.02. The lowest BCUT2D eigenvalue weighted by Gasteiger charge is -2.27. The highest BCUT2D eigenvalue weighted by molar-refractivity contribution is 5.96. The van der Waals surface area contributed by atoms with Crippen LogP contribution in [0.25, 0.3) is 0 Å². The number of likely N-dealkylation sites (tertiary alicyclic amines) is 1. The number of aromatic nitrogens is 1. The molecule has 1 aromatic heterocycles. The lowest BCUT2D eigenvalue weighted by Crippen LogP contribution is -2.33. The minimum Gasteiger partial charge on any atom is -0.404 e. The van der Waals surface area contributed by atoms with E-state index in [0.717, 1.165) is 13.1 Å². The van der Waals surface area contributed by atoms with Crippen LogP contribution in [0.4, 0.5) is 13.2 Å². The molecular weight excluding hydrogens is 361 g/mol. The van der Waals surface area contributed by atoms with E-state index in [1.54, 1.807) is 0 Å². The molecule has 2 aromatic rings. The van der Waals surface area contributed by atoms with E-state index in [4.69, 9.17) is 4.74 Å². The number of piperidine rings is 1. The maximum absolute atomic E-state index is 13.7. The number of halogens is 3. The van der Waals surface area contributed by atoms with Gasteiger partial charge in [0.1, 0.15) is 28.7 Å². The van der Waals surface area contributed by atoms with E-state index >= 15 is 0 Å². The highest BCUT2D eigenvalue weighted by atomic mass is 19.1. The van der Waals surface area contributed by atoms with Crippen molar-refractivity contribution in [3.05, 3.63) is 59.0 Å². The molecule has 0 N–H and O–H groups in total. The van der Waals surface area contributed by atoms with E-state index in [1.165, 1.54) is 18.2 Å². The first-order valence-electron chi connectivity index (χ1n) is 8.41. The van der Waals surface area contributed by atoms with Gasteiger partial charge in [-0.1, -0.05) is 6.07 Å². The Morgan fingerprint density at radius 3 is 2.37 bits per heavy atom. The van der Waals surface area contributed by atoms with E-state index in [0.29, 0.717) is 25.0 Å². The summed E-state index contributed by atoms with van der Waals surface area (Å²) in [4.78, 5) is 30.7. The van der Waals surface area contributed by atoms with Gasteiger partial charge in [-0.2, -0.15) is 0 Å². The van der Waals surface area contributed by atoms with Gasteiger partial charge in [-0.3, -0.25) is 4.79 Å². The zero-order valence-corrected chi connectivity index (χ0v) is 14.5. The van der Waals surface area contributed by atoms with Crippen LogP contribution < -0.4 is 4.74 Å². The van der Waals surface area contributed by atoms with Gasteiger partial charge in [0.25, 0.3) is 0 Å². The molecule has 1 aliphatic heterocycles. The summed E-state index contributed by atoms with van der Waals surface area (Å²) in [6.07, 6.45) is 1.40. The van der Waals surface area contributed by atoms with Gasteiger partial charge in [0, 0.05) is 24.1 Å². The van der Waals surface area contributed by atoms with E-state index in [2.05, 4.69) is 9.88 Å². The van der Waals surface area contributed by atoms with Crippen molar-refractivity contribution < 1.29 is 27.5 Å². The van der Waals surface area contributed by atoms with Crippen LogP contribution in [-0.2, 0) is 0 Å². The SMILES string of the molecule is CN1CCC(C(=O)c2cccc(OC(=O)c3c(F)cc(F)cc3F)n2)CC1. The Kier molecular flexibility index (Phi) is 5.55. The molecule has 0 unspecified atom stereocenters. The number of ketones is 1. The largest absolute Gasteiger partial charge is 0.404 e. The Bertz CT molecular complexity index is 857. The average Bonchev–Trinajstić information content (AvgIpc) is 2.61. The summed E-state index contributed by atoms with van der Waals surface area (Å²) in [5.41, 5.74) is -0.903. The molecule has 142 valence electrons. The number of ether oxygens (including phenoxy) is 1. The molecule has 0 atom stereocenters. The molecule has 0 aliphatic carbocycles. The van der Waals surface area contributed by atoms with Gasteiger partial charge in [0.2, 0.25) is 5.88 Å². The Morgan fingerprint density at radius 2 is 1.74 bits per heavy atom. The van der Waals surface area contributed by atoms with Crippen molar-refractivity contribution in [3.8, 4) is 5.88 Å². The monoisotopic (exact) mass is 378 g/mol. The number of carbonyl (C=O) groups is 2. The van der Waals surface area contributed by atoms with Crippen LogP contribution in [-0.4, -0.2) is 41.8 Å². The topological polar surface area (TPSA) is 59.5 Å². The minimum atomic E-state index is -1.38. The fourth-order valence-electron chi connectivity index (χ4n) is 2.97. The number of hydrogen-bond acceptors (Lipinski definition) is 5. The molecule has 1 aromatic carbocycles. The minimum absolute atomic E-state index is 0.120. The second-order valence-electron chi connectivity index (χ2n) is 6.44. The van der Waals surface area contributed by atoms with Crippen molar-refractivity contribution in [1.29, 1.82) is 0 Å². The maximum Gasteiger partial charge on any atom is 0.350 e. The molecule has 1 fully saturated rings. The number of esters is 1. The Labute approximate surface area is 153 Å². The van der Waals surface area contributed by atoms with E-state index in [9.17, 15) is 22.8 Å². The molecule has 0 spiro atoms. The predicted octanol–water partition coefficient (Wildman–Crippen LogP) is 3.24. The molecule has 2 heterocycles. The van der Waals surface area contributed by atoms with Crippen LogP contribution in [0.1, 0.15) is 33.7 Å². The van der Waals surface area contributed by atoms with Crippen LogP contribution in [0.15, 0.2) is 30.3 Å². The fraction of sp³-hybridized carbons (Fsp3) is 0.316. The van der Waals surface area contributed by atoms with Crippen molar-refractivity contribution in [2.24, 2.45) is 5.92 Å². The lowest BCUT2D eigenvalue weighted by atomic mass is 9.91. The number of Topliss-reactive ketones (excluding diaryl/α,β-unsaturated/α-hetero) is 1.